The van der Waals surface area contributed by atoms with Gasteiger partial charge >= 0.3 is 0 Å². The van der Waals surface area contributed by atoms with Gasteiger partial charge in [0.2, 0.25) is 0 Å². The Balaban J connectivity index is 1.72. The highest BCUT2D eigenvalue weighted by atomic mass is 32.1. The van der Waals surface area contributed by atoms with Gasteiger partial charge in [0.1, 0.15) is 0 Å². The zero-order valence-corrected chi connectivity index (χ0v) is 15.2. The molecule has 4 heteroatoms. The number of rotatable bonds is 3. The summed E-state index contributed by atoms with van der Waals surface area (Å²) in [5.41, 5.74) is 2.96. The standard InChI is InChI=1S/C23H15N3S/c1-3-7-16(8-4-1)21-24-22(17-9-5-2-6-10-17)26-23(25-21)19-11-12-20-18(15-19)13-14-27-20/h1-15H. The minimum atomic E-state index is 0.685. The molecule has 5 rings (SSSR count). The van der Waals surface area contributed by atoms with Crippen molar-refractivity contribution in [1.82, 2.24) is 15.0 Å². The van der Waals surface area contributed by atoms with E-state index in [1.165, 1.54) is 10.1 Å². The number of fused-ring (bicyclic) bond motifs is 1. The van der Waals surface area contributed by atoms with Gasteiger partial charge in [-0.1, -0.05) is 60.7 Å². The second-order valence-electron chi connectivity index (χ2n) is 6.21. The molecule has 0 atom stereocenters. The van der Waals surface area contributed by atoms with Crippen molar-refractivity contribution < 1.29 is 0 Å². The fraction of sp³-hybridized carbons (Fsp3) is 0. The smallest absolute Gasteiger partial charge is 0.164 e. The molecule has 128 valence electrons. The zero-order chi connectivity index (χ0) is 18.1. The van der Waals surface area contributed by atoms with Gasteiger partial charge in [-0.15, -0.1) is 11.3 Å². The van der Waals surface area contributed by atoms with E-state index in [-0.39, 0.29) is 0 Å². The Hall–Kier alpha value is -3.37. The van der Waals surface area contributed by atoms with Gasteiger partial charge in [0, 0.05) is 21.4 Å². The van der Waals surface area contributed by atoms with Gasteiger partial charge in [-0.3, -0.25) is 0 Å². The van der Waals surface area contributed by atoms with Crippen molar-refractivity contribution in [1.29, 1.82) is 0 Å². The molecule has 0 saturated heterocycles. The van der Waals surface area contributed by atoms with Crippen LogP contribution < -0.4 is 0 Å². The Bertz CT molecular complexity index is 1160. The average Bonchev–Trinajstić information content (AvgIpc) is 3.22. The molecule has 0 amide bonds. The van der Waals surface area contributed by atoms with E-state index in [0.29, 0.717) is 17.5 Å². The molecule has 5 aromatic rings. The molecule has 0 aliphatic heterocycles. The van der Waals surface area contributed by atoms with Crippen LogP contribution >= 0.6 is 11.3 Å². The second kappa shape index (κ2) is 6.74. The molecule has 3 nitrogen and oxygen atoms in total. The molecule has 0 N–H and O–H groups in total. The Morgan fingerprint density at radius 2 is 1.07 bits per heavy atom. The van der Waals surface area contributed by atoms with Crippen molar-refractivity contribution in [3.8, 4) is 34.2 Å². The van der Waals surface area contributed by atoms with Crippen LogP contribution in [0.5, 0.6) is 0 Å². The number of benzene rings is 3. The van der Waals surface area contributed by atoms with Gasteiger partial charge in [0.15, 0.2) is 17.5 Å². The zero-order valence-electron chi connectivity index (χ0n) is 14.4. The lowest BCUT2D eigenvalue weighted by molar-refractivity contribution is 1.07. The van der Waals surface area contributed by atoms with Crippen LogP contribution in [0.15, 0.2) is 90.3 Å². The molecule has 2 aromatic heterocycles. The second-order valence-corrected chi connectivity index (χ2v) is 7.16. The minimum Gasteiger partial charge on any atom is -0.208 e. The molecule has 0 saturated carbocycles. The van der Waals surface area contributed by atoms with Crippen molar-refractivity contribution in [3.63, 3.8) is 0 Å². The molecule has 0 fully saturated rings. The normalized spacial score (nSPS) is 11.0. The molecule has 2 heterocycles. The number of aromatic nitrogens is 3. The maximum absolute atomic E-state index is 4.77. The summed E-state index contributed by atoms with van der Waals surface area (Å²) < 4.78 is 1.26. The van der Waals surface area contributed by atoms with Crippen molar-refractivity contribution >= 4 is 21.4 Å². The molecule has 27 heavy (non-hydrogen) atoms. The first-order valence-electron chi connectivity index (χ1n) is 8.71. The molecular weight excluding hydrogens is 350 g/mol. The first kappa shape index (κ1) is 15.9. The van der Waals surface area contributed by atoms with Crippen molar-refractivity contribution in [3.05, 3.63) is 90.3 Å². The Morgan fingerprint density at radius 3 is 1.67 bits per heavy atom. The van der Waals surface area contributed by atoms with E-state index >= 15 is 0 Å². The minimum absolute atomic E-state index is 0.685. The van der Waals surface area contributed by atoms with Crippen molar-refractivity contribution in [2.75, 3.05) is 0 Å². The summed E-state index contributed by atoms with van der Waals surface area (Å²) >= 11 is 1.74. The third-order valence-corrected chi connectivity index (χ3v) is 5.31. The Morgan fingerprint density at radius 1 is 0.519 bits per heavy atom. The fourth-order valence-corrected chi connectivity index (χ4v) is 3.81. The summed E-state index contributed by atoms with van der Waals surface area (Å²) in [7, 11) is 0. The number of hydrogen-bond donors (Lipinski definition) is 0. The van der Waals surface area contributed by atoms with Crippen molar-refractivity contribution in [2.45, 2.75) is 0 Å². The van der Waals surface area contributed by atoms with E-state index in [1.807, 2.05) is 60.7 Å². The summed E-state index contributed by atoms with van der Waals surface area (Å²) in [6, 6.07) is 28.6. The summed E-state index contributed by atoms with van der Waals surface area (Å²) in [4.78, 5) is 14.3. The van der Waals surface area contributed by atoms with Crippen LogP contribution in [-0.2, 0) is 0 Å². The maximum atomic E-state index is 4.77. The Kier molecular flexibility index (Phi) is 3.96. The summed E-state index contributed by atoms with van der Waals surface area (Å²) in [6.45, 7) is 0. The van der Waals surface area contributed by atoms with Gasteiger partial charge in [-0.05, 0) is 35.0 Å². The van der Waals surface area contributed by atoms with E-state index < -0.39 is 0 Å². The quantitative estimate of drug-likeness (QED) is 0.388. The van der Waals surface area contributed by atoms with E-state index in [0.717, 1.165) is 16.7 Å². The first-order chi connectivity index (χ1) is 13.4. The van der Waals surface area contributed by atoms with Crippen LogP contribution in [0.3, 0.4) is 0 Å². The van der Waals surface area contributed by atoms with Crippen LogP contribution in [0.1, 0.15) is 0 Å². The van der Waals surface area contributed by atoms with Gasteiger partial charge in [0.05, 0.1) is 0 Å². The summed E-state index contributed by atoms with van der Waals surface area (Å²) in [5, 5.41) is 3.31. The van der Waals surface area contributed by atoms with Gasteiger partial charge in [0.25, 0.3) is 0 Å². The van der Waals surface area contributed by atoms with E-state index in [1.54, 1.807) is 11.3 Å². The lowest BCUT2D eigenvalue weighted by atomic mass is 10.1. The highest BCUT2D eigenvalue weighted by Crippen LogP contribution is 2.28. The lowest BCUT2D eigenvalue weighted by Crippen LogP contribution is -1.99. The van der Waals surface area contributed by atoms with Gasteiger partial charge in [-0.2, -0.15) is 0 Å². The molecule has 0 spiro atoms. The Labute approximate surface area is 161 Å². The van der Waals surface area contributed by atoms with Crippen LogP contribution in [0.2, 0.25) is 0 Å². The summed E-state index contributed by atoms with van der Waals surface area (Å²) in [6.07, 6.45) is 0. The molecule has 0 aliphatic carbocycles. The largest absolute Gasteiger partial charge is 0.208 e. The third kappa shape index (κ3) is 3.11. The fourth-order valence-electron chi connectivity index (χ4n) is 3.04. The highest BCUT2D eigenvalue weighted by Gasteiger charge is 2.12. The SMILES string of the molecule is c1ccc(-c2nc(-c3ccccc3)nc(-c3ccc4sccc4c3)n2)cc1. The van der Waals surface area contributed by atoms with Crippen LogP contribution in [0.4, 0.5) is 0 Å². The molecule has 0 aliphatic rings. The van der Waals surface area contributed by atoms with E-state index in [4.69, 9.17) is 15.0 Å². The highest BCUT2D eigenvalue weighted by molar-refractivity contribution is 7.17. The molecule has 0 unspecified atom stereocenters. The van der Waals surface area contributed by atoms with Gasteiger partial charge < -0.3 is 0 Å². The van der Waals surface area contributed by atoms with Crippen LogP contribution in [-0.4, -0.2) is 15.0 Å². The lowest BCUT2D eigenvalue weighted by Gasteiger charge is -2.08. The van der Waals surface area contributed by atoms with Crippen LogP contribution in [0, 0.1) is 0 Å². The molecular formula is C23H15N3S. The third-order valence-electron chi connectivity index (χ3n) is 4.41. The first-order valence-corrected chi connectivity index (χ1v) is 9.59. The molecule has 0 radical (unpaired) electrons. The van der Waals surface area contributed by atoms with E-state index in [2.05, 4.69) is 29.6 Å². The number of nitrogens with zero attached hydrogens (tertiary/aromatic N) is 3. The predicted molar refractivity (Wildman–Crippen MR) is 112 cm³/mol. The summed E-state index contributed by atoms with van der Waals surface area (Å²) in [5.74, 6) is 2.06. The van der Waals surface area contributed by atoms with Crippen molar-refractivity contribution in [2.24, 2.45) is 0 Å². The topological polar surface area (TPSA) is 38.7 Å². The predicted octanol–water partition coefficient (Wildman–Crippen LogP) is 6.09. The number of thiophene rings is 1. The number of hydrogen-bond acceptors (Lipinski definition) is 4. The maximum Gasteiger partial charge on any atom is 0.164 e. The van der Waals surface area contributed by atoms with Crippen LogP contribution in [0.25, 0.3) is 44.2 Å². The van der Waals surface area contributed by atoms with E-state index in [9.17, 15) is 0 Å². The average molecular weight is 365 g/mol. The molecule has 3 aromatic carbocycles. The monoisotopic (exact) mass is 365 g/mol. The van der Waals surface area contributed by atoms with Gasteiger partial charge in [-0.25, -0.2) is 15.0 Å². The molecule has 0 bridgehead atoms.